The number of urea groups is 1. The van der Waals surface area contributed by atoms with Gasteiger partial charge < -0.3 is 20.6 Å². The van der Waals surface area contributed by atoms with Crippen LogP contribution in [-0.2, 0) is 11.3 Å². The van der Waals surface area contributed by atoms with Gasteiger partial charge in [0.25, 0.3) is 0 Å². The first-order valence-electron chi connectivity index (χ1n) is 5.96. The summed E-state index contributed by atoms with van der Waals surface area (Å²) >= 11 is 0. The summed E-state index contributed by atoms with van der Waals surface area (Å²) in [6.45, 7) is 0.233. The van der Waals surface area contributed by atoms with Crippen LogP contribution >= 0.6 is 0 Å². The summed E-state index contributed by atoms with van der Waals surface area (Å²) in [7, 11) is 3.01. The van der Waals surface area contributed by atoms with Crippen LogP contribution in [0.3, 0.4) is 0 Å². The Bertz CT molecular complexity index is 499. The number of carbonyl (C=O) groups excluding carboxylic acids is 2. The number of carbonyl (C=O) groups is 3. The number of carboxylic acids is 1. The number of nitrogens with one attached hydrogen (secondary N) is 2. The fourth-order valence-corrected chi connectivity index (χ4v) is 1.44. The Labute approximate surface area is 116 Å². The highest BCUT2D eigenvalue weighted by molar-refractivity contribution is 5.87. The molecule has 1 aromatic rings. The monoisotopic (exact) mass is 279 g/mol. The van der Waals surface area contributed by atoms with Crippen LogP contribution in [0.25, 0.3) is 0 Å². The van der Waals surface area contributed by atoms with E-state index in [2.05, 4.69) is 10.6 Å². The minimum atomic E-state index is -0.995. The molecule has 0 radical (unpaired) electrons. The number of hydrogen-bond acceptors (Lipinski definition) is 3. The summed E-state index contributed by atoms with van der Waals surface area (Å²) in [6, 6.07) is 5.82. The molecule has 7 heteroatoms. The molecule has 3 N–H and O–H groups in total. The second-order valence-corrected chi connectivity index (χ2v) is 4.19. The summed E-state index contributed by atoms with van der Waals surface area (Å²) in [5, 5.41) is 13.8. The molecule has 20 heavy (non-hydrogen) atoms. The average Bonchev–Trinajstić information content (AvgIpc) is 2.44. The molecular formula is C13H17N3O4. The SMILES string of the molecule is CNC(=O)CN(C)C(=O)NCc1ccc(C(=O)O)cc1. The minimum absolute atomic E-state index is 0.0275. The molecule has 0 saturated heterocycles. The summed E-state index contributed by atoms with van der Waals surface area (Å²) < 4.78 is 0. The van der Waals surface area contributed by atoms with Crippen molar-refractivity contribution in [1.29, 1.82) is 0 Å². The highest BCUT2D eigenvalue weighted by atomic mass is 16.4. The van der Waals surface area contributed by atoms with Crippen molar-refractivity contribution in [3.63, 3.8) is 0 Å². The topological polar surface area (TPSA) is 98.7 Å². The Kier molecular flexibility index (Phi) is 5.52. The largest absolute Gasteiger partial charge is 0.478 e. The van der Waals surface area contributed by atoms with Crippen molar-refractivity contribution in [2.24, 2.45) is 0 Å². The van der Waals surface area contributed by atoms with Crippen LogP contribution in [0, 0.1) is 0 Å². The summed E-state index contributed by atoms with van der Waals surface area (Å²) in [6.07, 6.45) is 0. The predicted octanol–water partition coefficient (Wildman–Crippen LogP) is 0.272. The van der Waals surface area contributed by atoms with E-state index in [0.29, 0.717) is 0 Å². The van der Waals surface area contributed by atoms with Crippen molar-refractivity contribution in [3.8, 4) is 0 Å². The molecule has 108 valence electrons. The molecule has 0 heterocycles. The first-order valence-corrected chi connectivity index (χ1v) is 5.96. The molecule has 0 spiro atoms. The van der Waals surface area contributed by atoms with Crippen LogP contribution in [0.1, 0.15) is 15.9 Å². The number of hydrogen-bond donors (Lipinski definition) is 3. The molecule has 7 nitrogen and oxygen atoms in total. The van der Waals surface area contributed by atoms with E-state index in [4.69, 9.17) is 5.11 Å². The van der Waals surface area contributed by atoms with Crippen LogP contribution in [0.15, 0.2) is 24.3 Å². The third-order valence-electron chi connectivity index (χ3n) is 2.65. The van der Waals surface area contributed by atoms with E-state index < -0.39 is 5.97 Å². The molecule has 0 aliphatic rings. The van der Waals surface area contributed by atoms with Gasteiger partial charge in [0.15, 0.2) is 0 Å². The summed E-state index contributed by atoms with van der Waals surface area (Å²) in [5.74, 6) is -1.25. The molecule has 1 aromatic carbocycles. The van der Waals surface area contributed by atoms with E-state index in [0.717, 1.165) is 5.56 Å². The Morgan fingerprint density at radius 1 is 1.20 bits per heavy atom. The first-order chi connectivity index (χ1) is 9.43. The first kappa shape index (κ1) is 15.5. The Morgan fingerprint density at radius 3 is 2.30 bits per heavy atom. The maximum absolute atomic E-state index is 11.7. The second kappa shape index (κ2) is 7.13. The average molecular weight is 279 g/mol. The second-order valence-electron chi connectivity index (χ2n) is 4.19. The van der Waals surface area contributed by atoms with Gasteiger partial charge in [0.1, 0.15) is 6.54 Å². The normalized spacial score (nSPS) is 9.70. The number of nitrogens with zero attached hydrogens (tertiary/aromatic N) is 1. The summed E-state index contributed by atoms with van der Waals surface area (Å²) in [5.41, 5.74) is 0.966. The molecule has 0 aliphatic carbocycles. The third-order valence-corrected chi connectivity index (χ3v) is 2.65. The maximum atomic E-state index is 11.7. The van der Waals surface area contributed by atoms with Crippen molar-refractivity contribution >= 4 is 17.9 Å². The molecule has 0 atom stereocenters. The van der Waals surface area contributed by atoms with Gasteiger partial charge in [-0.1, -0.05) is 12.1 Å². The fourth-order valence-electron chi connectivity index (χ4n) is 1.44. The van der Waals surface area contributed by atoms with Crippen LogP contribution in [0.4, 0.5) is 4.79 Å². The van der Waals surface area contributed by atoms with E-state index in [1.54, 1.807) is 12.1 Å². The van der Waals surface area contributed by atoms with E-state index in [1.807, 2.05) is 0 Å². The van der Waals surface area contributed by atoms with Gasteiger partial charge in [0, 0.05) is 20.6 Å². The molecule has 0 saturated carbocycles. The van der Waals surface area contributed by atoms with Gasteiger partial charge in [0.2, 0.25) is 5.91 Å². The van der Waals surface area contributed by atoms with E-state index in [1.165, 1.54) is 31.1 Å². The predicted molar refractivity (Wildman–Crippen MR) is 72.3 cm³/mol. The van der Waals surface area contributed by atoms with Gasteiger partial charge in [-0.2, -0.15) is 0 Å². The number of likely N-dealkylation sites (N-methyl/N-ethyl adjacent to an activating group) is 2. The standard InChI is InChI=1S/C13H17N3O4/c1-14-11(17)8-16(2)13(20)15-7-9-3-5-10(6-4-9)12(18)19/h3-6H,7-8H2,1-2H3,(H,14,17)(H,15,20)(H,18,19). The molecule has 1 rings (SSSR count). The van der Waals surface area contributed by atoms with E-state index in [9.17, 15) is 14.4 Å². The maximum Gasteiger partial charge on any atom is 0.335 e. The van der Waals surface area contributed by atoms with E-state index in [-0.39, 0.29) is 30.6 Å². The molecule has 0 aromatic heterocycles. The van der Waals surface area contributed by atoms with Gasteiger partial charge in [-0.15, -0.1) is 0 Å². The van der Waals surface area contributed by atoms with Gasteiger partial charge in [-0.05, 0) is 17.7 Å². The lowest BCUT2D eigenvalue weighted by atomic mass is 10.1. The molecule has 0 unspecified atom stereocenters. The quantitative estimate of drug-likeness (QED) is 0.720. The van der Waals surface area contributed by atoms with Crippen LogP contribution < -0.4 is 10.6 Å². The molecule has 3 amide bonds. The van der Waals surface area contributed by atoms with Crippen molar-refractivity contribution in [1.82, 2.24) is 15.5 Å². The Balaban J connectivity index is 2.48. The third kappa shape index (κ3) is 4.60. The van der Waals surface area contributed by atoms with Crippen LogP contribution in [0.2, 0.25) is 0 Å². The van der Waals surface area contributed by atoms with Gasteiger partial charge in [-0.3, -0.25) is 4.79 Å². The lowest BCUT2D eigenvalue weighted by molar-refractivity contribution is -0.120. The van der Waals surface area contributed by atoms with Crippen LogP contribution in [0.5, 0.6) is 0 Å². The number of carboxylic acid groups (broad SMARTS) is 1. The van der Waals surface area contributed by atoms with Crippen molar-refractivity contribution < 1.29 is 19.5 Å². The number of aromatic carboxylic acids is 1. The Morgan fingerprint density at radius 2 is 1.80 bits per heavy atom. The molecular weight excluding hydrogens is 262 g/mol. The number of rotatable bonds is 5. The van der Waals surface area contributed by atoms with Gasteiger partial charge in [0.05, 0.1) is 5.56 Å². The zero-order chi connectivity index (χ0) is 15.1. The fraction of sp³-hybridized carbons (Fsp3) is 0.308. The van der Waals surface area contributed by atoms with E-state index >= 15 is 0 Å². The van der Waals surface area contributed by atoms with Crippen molar-refractivity contribution in [2.75, 3.05) is 20.6 Å². The van der Waals surface area contributed by atoms with Crippen molar-refractivity contribution in [2.45, 2.75) is 6.54 Å². The van der Waals surface area contributed by atoms with Gasteiger partial charge in [-0.25, -0.2) is 9.59 Å². The van der Waals surface area contributed by atoms with Crippen LogP contribution in [-0.4, -0.2) is 48.6 Å². The lowest BCUT2D eigenvalue weighted by Crippen LogP contribution is -2.42. The Hall–Kier alpha value is -2.57. The highest BCUT2D eigenvalue weighted by Gasteiger charge is 2.11. The lowest BCUT2D eigenvalue weighted by Gasteiger charge is -2.16. The smallest absolute Gasteiger partial charge is 0.335 e. The molecule has 0 bridgehead atoms. The number of benzene rings is 1. The highest BCUT2D eigenvalue weighted by Crippen LogP contribution is 2.04. The van der Waals surface area contributed by atoms with Crippen molar-refractivity contribution in [3.05, 3.63) is 35.4 Å². The number of amides is 3. The minimum Gasteiger partial charge on any atom is -0.478 e. The molecule has 0 fully saturated rings. The molecule has 0 aliphatic heterocycles. The van der Waals surface area contributed by atoms with Gasteiger partial charge >= 0.3 is 12.0 Å². The summed E-state index contributed by atoms with van der Waals surface area (Å²) in [4.78, 5) is 34.7. The zero-order valence-electron chi connectivity index (χ0n) is 11.3. The zero-order valence-corrected chi connectivity index (χ0v) is 11.3.